The van der Waals surface area contributed by atoms with Crippen molar-refractivity contribution in [3.05, 3.63) is 39.9 Å². The van der Waals surface area contributed by atoms with E-state index in [1.54, 1.807) is 6.07 Å². The summed E-state index contributed by atoms with van der Waals surface area (Å²) in [7, 11) is 0. The number of anilines is 1. The number of nitrogen functional groups attached to an aromatic ring is 1. The first-order valence-electron chi connectivity index (χ1n) is 3.55. The highest BCUT2D eigenvalue weighted by atomic mass is 32.1. The van der Waals surface area contributed by atoms with E-state index < -0.39 is 0 Å². The van der Waals surface area contributed by atoms with Gasteiger partial charge in [-0.05, 0) is 29.7 Å². The summed E-state index contributed by atoms with van der Waals surface area (Å²) in [6.07, 6.45) is 0. The first kappa shape index (κ1) is 7.31. The molecule has 2 rings (SSSR count). The molecule has 0 amide bonds. The van der Waals surface area contributed by atoms with Crippen molar-refractivity contribution in [1.82, 2.24) is 0 Å². The lowest BCUT2D eigenvalue weighted by molar-refractivity contribution is 1.75. The highest BCUT2D eigenvalue weighted by Gasteiger charge is 1.94. The second-order valence-corrected chi connectivity index (χ2v) is 3.60. The van der Waals surface area contributed by atoms with Gasteiger partial charge in [-0.15, -0.1) is 0 Å². The van der Waals surface area contributed by atoms with Gasteiger partial charge in [0, 0.05) is 10.4 Å². The third kappa shape index (κ3) is 1.19. The number of hydrogen-bond acceptors (Lipinski definition) is 3. The lowest BCUT2D eigenvalue weighted by atomic mass is 10.2. The van der Waals surface area contributed by atoms with Crippen molar-refractivity contribution < 1.29 is 0 Å². The molecule has 0 bridgehead atoms. The van der Waals surface area contributed by atoms with Crippen molar-refractivity contribution in [3.63, 3.8) is 0 Å². The molecule has 2 aromatic rings. The van der Waals surface area contributed by atoms with Crippen LogP contribution in [0.15, 0.2) is 35.1 Å². The predicted molar refractivity (Wildman–Crippen MR) is 52.5 cm³/mol. The van der Waals surface area contributed by atoms with E-state index >= 15 is 0 Å². The SMILES string of the molecule is Nc1ccc2ccc(=O)sc2c1. The fourth-order valence-electron chi connectivity index (χ4n) is 1.08. The molecular weight excluding hydrogens is 170 g/mol. The third-order valence-corrected chi connectivity index (χ3v) is 2.56. The van der Waals surface area contributed by atoms with Crippen LogP contribution in [0.25, 0.3) is 10.1 Å². The molecule has 0 radical (unpaired) electrons. The summed E-state index contributed by atoms with van der Waals surface area (Å²) in [5.41, 5.74) is 6.28. The van der Waals surface area contributed by atoms with Crippen molar-refractivity contribution in [2.45, 2.75) is 0 Å². The molecule has 0 saturated carbocycles. The fraction of sp³-hybridized carbons (Fsp3) is 0. The van der Waals surface area contributed by atoms with Gasteiger partial charge < -0.3 is 5.73 Å². The Hall–Kier alpha value is -1.35. The average Bonchev–Trinajstić information content (AvgIpc) is 2.03. The zero-order valence-electron chi connectivity index (χ0n) is 6.28. The molecule has 0 aliphatic rings. The molecule has 0 aliphatic heterocycles. The second kappa shape index (κ2) is 2.60. The zero-order valence-corrected chi connectivity index (χ0v) is 7.10. The highest BCUT2D eigenvalue weighted by Crippen LogP contribution is 2.18. The lowest BCUT2D eigenvalue weighted by Crippen LogP contribution is -1.90. The first-order valence-corrected chi connectivity index (χ1v) is 4.37. The monoisotopic (exact) mass is 177 g/mol. The quantitative estimate of drug-likeness (QED) is 0.624. The van der Waals surface area contributed by atoms with Gasteiger partial charge >= 0.3 is 0 Å². The number of hydrogen-bond donors (Lipinski definition) is 1. The molecule has 0 saturated heterocycles. The van der Waals surface area contributed by atoms with Gasteiger partial charge in [0.05, 0.1) is 0 Å². The van der Waals surface area contributed by atoms with Crippen LogP contribution in [0.2, 0.25) is 0 Å². The van der Waals surface area contributed by atoms with Crippen LogP contribution in [0.1, 0.15) is 0 Å². The Balaban J connectivity index is 2.89. The minimum atomic E-state index is 0.0631. The molecule has 0 aliphatic carbocycles. The largest absolute Gasteiger partial charge is 0.399 e. The van der Waals surface area contributed by atoms with Gasteiger partial charge in [0.15, 0.2) is 0 Å². The molecule has 0 unspecified atom stereocenters. The van der Waals surface area contributed by atoms with Crippen LogP contribution in [-0.2, 0) is 0 Å². The number of fused-ring (bicyclic) bond motifs is 1. The molecule has 12 heavy (non-hydrogen) atoms. The molecule has 0 fully saturated rings. The van der Waals surface area contributed by atoms with Gasteiger partial charge in [0.1, 0.15) is 0 Å². The van der Waals surface area contributed by atoms with Gasteiger partial charge in [-0.3, -0.25) is 4.79 Å². The standard InChI is InChI=1S/C9H7NOS/c10-7-3-1-6-2-4-9(11)12-8(6)5-7/h1-5H,10H2. The van der Waals surface area contributed by atoms with Crippen LogP contribution < -0.4 is 10.5 Å². The van der Waals surface area contributed by atoms with Crippen LogP contribution in [0.4, 0.5) is 5.69 Å². The van der Waals surface area contributed by atoms with Crippen LogP contribution in [0, 0.1) is 0 Å². The Morgan fingerprint density at radius 2 is 1.92 bits per heavy atom. The summed E-state index contributed by atoms with van der Waals surface area (Å²) < 4.78 is 1.01. The Labute approximate surface area is 73.3 Å². The summed E-state index contributed by atoms with van der Waals surface area (Å²) in [6, 6.07) is 8.96. The second-order valence-electron chi connectivity index (χ2n) is 2.55. The Morgan fingerprint density at radius 3 is 2.75 bits per heavy atom. The Kier molecular flexibility index (Phi) is 1.59. The smallest absolute Gasteiger partial charge is 0.232 e. The van der Waals surface area contributed by atoms with Gasteiger partial charge in [0.25, 0.3) is 0 Å². The molecule has 0 spiro atoms. The van der Waals surface area contributed by atoms with E-state index in [-0.39, 0.29) is 4.74 Å². The van der Waals surface area contributed by atoms with Crippen molar-refractivity contribution in [2.24, 2.45) is 0 Å². The van der Waals surface area contributed by atoms with Gasteiger partial charge in [-0.25, -0.2) is 0 Å². The third-order valence-electron chi connectivity index (χ3n) is 1.65. The molecule has 60 valence electrons. The summed E-state index contributed by atoms with van der Waals surface area (Å²) in [5.74, 6) is 0. The molecule has 3 heteroatoms. The Bertz CT molecular complexity index is 475. The molecule has 1 heterocycles. The number of nitrogens with two attached hydrogens (primary N) is 1. The normalized spacial score (nSPS) is 10.3. The van der Waals surface area contributed by atoms with Crippen LogP contribution in [0.5, 0.6) is 0 Å². The summed E-state index contributed by atoms with van der Waals surface area (Å²) >= 11 is 1.22. The summed E-state index contributed by atoms with van der Waals surface area (Å²) in [5, 5.41) is 1.06. The minimum Gasteiger partial charge on any atom is -0.399 e. The zero-order chi connectivity index (χ0) is 8.55. The average molecular weight is 177 g/mol. The maximum Gasteiger partial charge on any atom is 0.232 e. The fourth-order valence-corrected chi connectivity index (χ4v) is 1.88. The van der Waals surface area contributed by atoms with Gasteiger partial charge in [-0.1, -0.05) is 17.4 Å². The number of rotatable bonds is 0. The van der Waals surface area contributed by atoms with Crippen molar-refractivity contribution in [1.29, 1.82) is 0 Å². The summed E-state index contributed by atoms with van der Waals surface area (Å²) in [6.45, 7) is 0. The summed E-state index contributed by atoms with van der Waals surface area (Å²) in [4.78, 5) is 11.0. The van der Waals surface area contributed by atoms with Crippen molar-refractivity contribution >= 4 is 27.1 Å². The maximum absolute atomic E-state index is 11.0. The van der Waals surface area contributed by atoms with E-state index in [2.05, 4.69) is 0 Å². The molecule has 1 aromatic heterocycles. The van der Waals surface area contributed by atoms with Crippen LogP contribution >= 0.6 is 11.3 Å². The minimum absolute atomic E-state index is 0.0631. The van der Waals surface area contributed by atoms with E-state index in [0.29, 0.717) is 5.69 Å². The molecule has 1 aromatic carbocycles. The molecular formula is C9H7NOS. The number of benzene rings is 1. The van der Waals surface area contributed by atoms with Gasteiger partial charge in [0.2, 0.25) is 4.74 Å². The highest BCUT2D eigenvalue weighted by molar-refractivity contribution is 7.16. The van der Waals surface area contributed by atoms with Gasteiger partial charge in [-0.2, -0.15) is 0 Å². The maximum atomic E-state index is 11.0. The van der Waals surface area contributed by atoms with E-state index in [0.717, 1.165) is 10.1 Å². The lowest BCUT2D eigenvalue weighted by Gasteiger charge is -1.95. The van der Waals surface area contributed by atoms with E-state index in [4.69, 9.17) is 5.73 Å². The molecule has 0 atom stereocenters. The van der Waals surface area contributed by atoms with E-state index in [9.17, 15) is 4.79 Å². The topological polar surface area (TPSA) is 43.1 Å². The van der Waals surface area contributed by atoms with Crippen molar-refractivity contribution in [2.75, 3.05) is 5.73 Å². The van der Waals surface area contributed by atoms with Crippen LogP contribution in [-0.4, -0.2) is 0 Å². The predicted octanol–water partition coefficient (Wildman–Crippen LogP) is 1.84. The first-order chi connectivity index (χ1) is 5.75. The van der Waals surface area contributed by atoms with Crippen LogP contribution in [0.3, 0.4) is 0 Å². The van der Waals surface area contributed by atoms with E-state index in [1.807, 2.05) is 24.3 Å². The van der Waals surface area contributed by atoms with Crippen molar-refractivity contribution in [3.8, 4) is 0 Å². The van der Waals surface area contributed by atoms with E-state index in [1.165, 1.54) is 11.3 Å². The Morgan fingerprint density at radius 1 is 1.17 bits per heavy atom. The molecule has 2 nitrogen and oxygen atoms in total. The molecule has 2 N–H and O–H groups in total.